The Labute approximate surface area is 92.4 Å². The van der Waals surface area contributed by atoms with E-state index in [0.717, 1.165) is 6.42 Å². The first-order valence-electron chi connectivity index (χ1n) is 4.73. The molecule has 0 spiro atoms. The van der Waals surface area contributed by atoms with E-state index in [4.69, 9.17) is 4.57 Å². The summed E-state index contributed by atoms with van der Waals surface area (Å²) in [6, 6.07) is 21.1. The molecule has 0 aliphatic carbocycles. The van der Waals surface area contributed by atoms with Crippen LogP contribution in [0.2, 0.25) is 0 Å². The number of hydrogen-bond acceptors (Lipinski definition) is 1. The fourth-order valence-electron chi connectivity index (χ4n) is 1.43. The van der Waals surface area contributed by atoms with E-state index in [-0.39, 0.29) is 0 Å². The van der Waals surface area contributed by atoms with Gasteiger partial charge in [-0.25, -0.2) is 0 Å². The van der Waals surface area contributed by atoms with E-state index < -0.39 is 0 Å². The van der Waals surface area contributed by atoms with Crippen molar-refractivity contribution >= 4 is 9.12 Å². The zero-order valence-corrected chi connectivity index (χ0v) is 9.39. The standard InChI is InChI=1S/C13H12.HOP/c1-3-7-12(8-4-1)11-13-9-5-2-6-10-13;1-2/h1-10H,11H2;2H. The van der Waals surface area contributed by atoms with Crippen LogP contribution in [0, 0.1) is 0 Å². The van der Waals surface area contributed by atoms with Crippen molar-refractivity contribution < 1.29 is 4.57 Å². The molecular weight excluding hydrogens is 203 g/mol. The summed E-state index contributed by atoms with van der Waals surface area (Å²) in [5.41, 5.74) is 2.74. The van der Waals surface area contributed by atoms with Crippen LogP contribution in [0.15, 0.2) is 60.7 Å². The summed E-state index contributed by atoms with van der Waals surface area (Å²) in [6.07, 6.45) is 1.03. The van der Waals surface area contributed by atoms with Crippen LogP contribution in [0.4, 0.5) is 0 Å². The maximum absolute atomic E-state index is 8.06. The van der Waals surface area contributed by atoms with Crippen molar-refractivity contribution in [3.63, 3.8) is 0 Å². The summed E-state index contributed by atoms with van der Waals surface area (Å²) in [5.74, 6) is 0. The van der Waals surface area contributed by atoms with Crippen molar-refractivity contribution in [1.82, 2.24) is 0 Å². The van der Waals surface area contributed by atoms with E-state index in [2.05, 4.69) is 60.7 Å². The molecule has 2 aromatic carbocycles. The molecule has 0 amide bonds. The van der Waals surface area contributed by atoms with Crippen LogP contribution in [0.25, 0.3) is 0 Å². The summed E-state index contributed by atoms with van der Waals surface area (Å²) in [4.78, 5) is 0. The lowest BCUT2D eigenvalue weighted by Crippen LogP contribution is -1.85. The Morgan fingerprint density at radius 1 is 0.667 bits per heavy atom. The Bertz CT molecular complexity index is 335. The molecule has 0 atom stereocenters. The maximum atomic E-state index is 8.06. The summed E-state index contributed by atoms with van der Waals surface area (Å²) < 4.78 is 8.06. The quantitative estimate of drug-likeness (QED) is 0.698. The minimum atomic E-state index is 1.03. The Kier molecular flexibility index (Phi) is 5.35. The molecule has 2 rings (SSSR count). The second-order valence-electron chi connectivity index (χ2n) is 3.15. The van der Waals surface area contributed by atoms with Gasteiger partial charge in [0.1, 0.15) is 9.12 Å². The summed E-state index contributed by atoms with van der Waals surface area (Å²) in [6.45, 7) is 0. The van der Waals surface area contributed by atoms with Gasteiger partial charge >= 0.3 is 0 Å². The van der Waals surface area contributed by atoms with Gasteiger partial charge in [0.25, 0.3) is 0 Å². The third-order valence-corrected chi connectivity index (χ3v) is 2.09. The smallest absolute Gasteiger partial charge is 0.138 e. The minimum absolute atomic E-state index is 1.03. The molecule has 2 heteroatoms. The second-order valence-corrected chi connectivity index (χ2v) is 3.15. The van der Waals surface area contributed by atoms with Gasteiger partial charge in [0, 0.05) is 0 Å². The van der Waals surface area contributed by atoms with Crippen molar-refractivity contribution in [2.45, 2.75) is 6.42 Å². The van der Waals surface area contributed by atoms with Crippen LogP contribution in [-0.4, -0.2) is 0 Å². The Morgan fingerprint density at radius 3 is 1.33 bits per heavy atom. The Balaban J connectivity index is 0.000000531. The normalized spacial score (nSPS) is 8.80. The molecule has 0 unspecified atom stereocenters. The lowest BCUT2D eigenvalue weighted by atomic mass is 10.1. The van der Waals surface area contributed by atoms with Gasteiger partial charge < -0.3 is 0 Å². The van der Waals surface area contributed by atoms with E-state index >= 15 is 0 Å². The van der Waals surface area contributed by atoms with Crippen LogP contribution >= 0.6 is 9.12 Å². The van der Waals surface area contributed by atoms with Crippen LogP contribution in [0.5, 0.6) is 0 Å². The van der Waals surface area contributed by atoms with Crippen LogP contribution in [-0.2, 0) is 11.0 Å². The van der Waals surface area contributed by atoms with E-state index in [1.807, 2.05) is 0 Å². The lowest BCUT2D eigenvalue weighted by Gasteiger charge is -2.00. The fourth-order valence-corrected chi connectivity index (χ4v) is 1.43. The summed E-state index contributed by atoms with van der Waals surface area (Å²) >= 11 is 0. The Hall–Kier alpha value is -1.46. The SMILES string of the molecule is O=P.c1ccc(Cc2ccccc2)cc1. The van der Waals surface area contributed by atoms with E-state index in [9.17, 15) is 0 Å². The van der Waals surface area contributed by atoms with Crippen molar-refractivity contribution in [3.05, 3.63) is 71.8 Å². The zero-order valence-electron chi connectivity index (χ0n) is 8.39. The minimum Gasteiger partial charge on any atom is -0.279 e. The highest BCUT2D eigenvalue weighted by Crippen LogP contribution is 2.07. The molecule has 0 aliphatic rings. The highest BCUT2D eigenvalue weighted by Gasteiger charge is 1.92. The average Bonchev–Trinajstić information content (AvgIpc) is 2.34. The maximum Gasteiger partial charge on any atom is 0.138 e. The van der Waals surface area contributed by atoms with Gasteiger partial charge in [-0.1, -0.05) is 60.7 Å². The molecule has 0 N–H and O–H groups in total. The van der Waals surface area contributed by atoms with Crippen molar-refractivity contribution in [1.29, 1.82) is 0 Å². The van der Waals surface area contributed by atoms with E-state index in [0.29, 0.717) is 0 Å². The highest BCUT2D eigenvalue weighted by atomic mass is 31.0. The molecule has 0 saturated carbocycles. The molecule has 0 fully saturated rings. The molecule has 0 bridgehead atoms. The van der Waals surface area contributed by atoms with Gasteiger partial charge in [-0.05, 0) is 17.5 Å². The number of rotatable bonds is 2. The van der Waals surface area contributed by atoms with Crippen molar-refractivity contribution in [2.24, 2.45) is 0 Å². The molecule has 0 aromatic heterocycles. The van der Waals surface area contributed by atoms with Crippen molar-refractivity contribution in [2.75, 3.05) is 0 Å². The predicted octanol–water partition coefficient (Wildman–Crippen LogP) is 3.75. The van der Waals surface area contributed by atoms with Crippen LogP contribution < -0.4 is 0 Å². The van der Waals surface area contributed by atoms with E-state index in [1.54, 1.807) is 9.12 Å². The fraction of sp³-hybridized carbons (Fsp3) is 0.0769. The largest absolute Gasteiger partial charge is 0.279 e. The second kappa shape index (κ2) is 6.92. The number of benzene rings is 2. The van der Waals surface area contributed by atoms with Gasteiger partial charge in [-0.15, -0.1) is 0 Å². The van der Waals surface area contributed by atoms with Crippen molar-refractivity contribution in [3.8, 4) is 0 Å². The predicted molar refractivity (Wildman–Crippen MR) is 64.7 cm³/mol. The molecule has 0 radical (unpaired) electrons. The summed E-state index contributed by atoms with van der Waals surface area (Å²) in [7, 11) is 1.72. The Morgan fingerprint density at radius 2 is 1.00 bits per heavy atom. The molecule has 1 nitrogen and oxygen atoms in total. The molecular formula is C13H13OP. The van der Waals surface area contributed by atoms with E-state index in [1.165, 1.54) is 11.1 Å². The number of hydrogen-bond donors (Lipinski definition) is 0. The van der Waals surface area contributed by atoms with Gasteiger partial charge in [-0.2, -0.15) is 0 Å². The first-order valence-corrected chi connectivity index (χ1v) is 5.14. The van der Waals surface area contributed by atoms with Gasteiger partial charge in [0.2, 0.25) is 0 Å². The molecule has 76 valence electrons. The molecule has 0 heterocycles. The highest BCUT2D eigenvalue weighted by molar-refractivity contribution is 7.00. The molecule has 0 saturated heterocycles. The topological polar surface area (TPSA) is 17.1 Å². The lowest BCUT2D eigenvalue weighted by molar-refractivity contribution is 0.607. The van der Waals surface area contributed by atoms with Gasteiger partial charge in [0.15, 0.2) is 0 Å². The van der Waals surface area contributed by atoms with Gasteiger partial charge in [-0.3, -0.25) is 4.57 Å². The zero-order chi connectivity index (χ0) is 10.9. The summed E-state index contributed by atoms with van der Waals surface area (Å²) in [5, 5.41) is 0. The third-order valence-electron chi connectivity index (χ3n) is 2.09. The monoisotopic (exact) mass is 216 g/mol. The van der Waals surface area contributed by atoms with Crippen LogP contribution in [0.3, 0.4) is 0 Å². The molecule has 0 aliphatic heterocycles. The van der Waals surface area contributed by atoms with Crippen LogP contribution in [0.1, 0.15) is 11.1 Å². The first-order chi connectivity index (χ1) is 7.45. The van der Waals surface area contributed by atoms with Gasteiger partial charge in [0.05, 0.1) is 0 Å². The molecule has 15 heavy (non-hydrogen) atoms. The average molecular weight is 216 g/mol. The first kappa shape index (κ1) is 11.6. The third kappa shape index (κ3) is 4.05. The molecule has 2 aromatic rings.